The molecule has 2 fully saturated rings. The normalized spacial score (nSPS) is 19.0. The zero-order chi connectivity index (χ0) is 30.6. The first-order chi connectivity index (χ1) is 21.4. The van der Waals surface area contributed by atoms with Crippen LogP contribution in [0.25, 0.3) is 11.0 Å². The number of fused-ring (bicyclic) bond motifs is 1. The smallest absolute Gasteiger partial charge is 0.338 e. The number of hydrogen-bond acceptors (Lipinski definition) is 8. The highest BCUT2D eigenvalue weighted by atomic mass is 35.5. The number of esters is 1. The number of hydrogen-bond donors (Lipinski definition) is 1. The monoisotopic (exact) mass is 635 g/mol. The molecule has 0 atom stereocenters. The van der Waals surface area contributed by atoms with E-state index < -0.39 is 11.3 Å². The molecule has 4 aromatic rings. The summed E-state index contributed by atoms with van der Waals surface area (Å²) in [6.07, 6.45) is 8.27. The van der Waals surface area contributed by atoms with Gasteiger partial charge in [-0.2, -0.15) is 0 Å². The largest absolute Gasteiger partial charge is 0.459 e. The van der Waals surface area contributed by atoms with Gasteiger partial charge in [-0.05, 0) is 55.5 Å². The van der Waals surface area contributed by atoms with Gasteiger partial charge in [-0.15, -0.1) is 0 Å². The molecule has 0 unspecified atom stereocenters. The Bertz CT molecular complexity index is 1710. The van der Waals surface area contributed by atoms with Crippen molar-refractivity contribution in [2.45, 2.75) is 44.4 Å². The Morgan fingerprint density at radius 1 is 1.00 bits per heavy atom. The first-order valence-electron chi connectivity index (χ1n) is 14.6. The van der Waals surface area contributed by atoms with Crippen LogP contribution in [0.15, 0.2) is 66.0 Å². The van der Waals surface area contributed by atoms with Gasteiger partial charge in [-0.3, -0.25) is 19.5 Å². The van der Waals surface area contributed by atoms with Gasteiger partial charge in [-0.1, -0.05) is 35.3 Å². The lowest BCUT2D eigenvalue weighted by atomic mass is 9.92. The number of ether oxygens (including phenoxy) is 2. The number of morpholine rings is 1. The molecule has 1 saturated carbocycles. The first-order valence-corrected chi connectivity index (χ1v) is 15.3. The van der Waals surface area contributed by atoms with Crippen LogP contribution < -0.4 is 10.7 Å². The zero-order valence-corrected chi connectivity index (χ0v) is 25.4. The van der Waals surface area contributed by atoms with E-state index in [9.17, 15) is 14.4 Å². The maximum atomic E-state index is 13.3. The standard InChI is InChI=1S/C32H31Cl2N5O5/c33-26-16-35-17-27(34)28(26)37-31(41)25-19-39(30-24(29(25)40)2-1-11-36-30)22-7-9-23(10-8-22)44-32(42)21-5-3-20(4-6-21)18-38-12-14-43-15-13-38/h1-6,11,16-17,19,22-23H,7-10,12-15,18H2,(H,35,37,41). The number of aromatic nitrogens is 3. The average molecular weight is 637 g/mol. The summed E-state index contributed by atoms with van der Waals surface area (Å²) >= 11 is 12.4. The summed E-state index contributed by atoms with van der Waals surface area (Å²) in [6, 6.07) is 10.9. The number of pyridine rings is 3. The number of amides is 1. The molecular weight excluding hydrogens is 605 g/mol. The average Bonchev–Trinajstić information content (AvgIpc) is 3.04. The van der Waals surface area contributed by atoms with Crippen molar-refractivity contribution in [1.29, 1.82) is 0 Å². The second-order valence-corrected chi connectivity index (χ2v) is 11.8. The van der Waals surface area contributed by atoms with Crippen LogP contribution in [0, 0.1) is 0 Å². The van der Waals surface area contributed by atoms with Gasteiger partial charge in [0.1, 0.15) is 17.3 Å². The molecule has 0 bridgehead atoms. The Morgan fingerprint density at radius 2 is 1.70 bits per heavy atom. The Balaban J connectivity index is 1.13. The van der Waals surface area contributed by atoms with Crippen molar-refractivity contribution < 1.29 is 19.1 Å². The number of benzene rings is 1. The highest BCUT2D eigenvalue weighted by molar-refractivity contribution is 6.39. The van der Waals surface area contributed by atoms with Crippen LogP contribution in [0.3, 0.4) is 0 Å². The minimum Gasteiger partial charge on any atom is -0.459 e. The van der Waals surface area contributed by atoms with Crippen molar-refractivity contribution in [1.82, 2.24) is 19.4 Å². The molecule has 3 aromatic heterocycles. The topological polar surface area (TPSA) is 116 Å². The lowest BCUT2D eigenvalue weighted by molar-refractivity contribution is 0.0173. The second kappa shape index (κ2) is 13.4. The number of nitrogens with zero attached hydrogens (tertiary/aromatic N) is 4. The molecule has 1 amide bonds. The fourth-order valence-corrected chi connectivity index (χ4v) is 6.22. The van der Waals surface area contributed by atoms with Crippen molar-refractivity contribution >= 4 is 51.8 Å². The third-order valence-corrected chi connectivity index (χ3v) is 8.71. The molecular formula is C32H31Cl2N5O5. The van der Waals surface area contributed by atoms with Crippen LogP contribution in [-0.2, 0) is 16.0 Å². The Hall–Kier alpha value is -3.83. The van der Waals surface area contributed by atoms with Crippen molar-refractivity contribution in [3.63, 3.8) is 0 Å². The minimum absolute atomic E-state index is 0.0536. The SMILES string of the molecule is O=C(OC1CCC(n2cc(C(=O)Nc3c(Cl)cncc3Cl)c(=O)c3cccnc32)CC1)c1ccc(CN2CCOCC2)cc1. The number of anilines is 1. The molecule has 44 heavy (non-hydrogen) atoms. The molecule has 0 spiro atoms. The van der Waals surface area contributed by atoms with Crippen LogP contribution in [0.4, 0.5) is 5.69 Å². The molecule has 1 saturated heterocycles. The second-order valence-electron chi connectivity index (χ2n) is 11.0. The van der Waals surface area contributed by atoms with E-state index in [-0.39, 0.29) is 39.4 Å². The third kappa shape index (κ3) is 6.63. The highest BCUT2D eigenvalue weighted by Crippen LogP contribution is 2.33. The molecule has 1 N–H and O–H groups in total. The van der Waals surface area contributed by atoms with Gasteiger partial charge in [0.15, 0.2) is 0 Å². The van der Waals surface area contributed by atoms with Crippen LogP contribution in [0.1, 0.15) is 58.0 Å². The van der Waals surface area contributed by atoms with E-state index in [1.54, 1.807) is 24.5 Å². The molecule has 1 aliphatic carbocycles. The summed E-state index contributed by atoms with van der Waals surface area (Å²) in [4.78, 5) is 50.3. The predicted octanol–water partition coefficient (Wildman–Crippen LogP) is 5.52. The van der Waals surface area contributed by atoms with Crippen molar-refractivity contribution in [2.24, 2.45) is 0 Å². The van der Waals surface area contributed by atoms with Gasteiger partial charge in [0, 0.05) is 50.5 Å². The quantitative estimate of drug-likeness (QED) is 0.264. The van der Waals surface area contributed by atoms with Crippen LogP contribution in [0.2, 0.25) is 10.0 Å². The van der Waals surface area contributed by atoms with Gasteiger partial charge in [0.05, 0.1) is 39.9 Å². The number of nitrogens with one attached hydrogen (secondary N) is 1. The summed E-state index contributed by atoms with van der Waals surface area (Å²) in [5.74, 6) is -0.975. The Kier molecular flexibility index (Phi) is 9.22. The van der Waals surface area contributed by atoms with E-state index in [1.165, 1.54) is 12.4 Å². The number of carbonyl (C=O) groups is 2. The molecule has 4 heterocycles. The van der Waals surface area contributed by atoms with E-state index in [2.05, 4.69) is 20.2 Å². The molecule has 6 rings (SSSR count). The van der Waals surface area contributed by atoms with E-state index in [0.717, 1.165) is 38.4 Å². The lowest BCUT2D eigenvalue weighted by Crippen LogP contribution is -2.35. The zero-order valence-electron chi connectivity index (χ0n) is 23.9. The number of halogens is 2. The van der Waals surface area contributed by atoms with E-state index in [1.807, 2.05) is 28.8 Å². The van der Waals surface area contributed by atoms with Crippen molar-refractivity contribution in [3.05, 3.63) is 98.1 Å². The lowest BCUT2D eigenvalue weighted by Gasteiger charge is -2.31. The first kappa shape index (κ1) is 30.2. The van der Waals surface area contributed by atoms with Gasteiger partial charge < -0.3 is 19.4 Å². The molecule has 0 radical (unpaired) electrons. The highest BCUT2D eigenvalue weighted by Gasteiger charge is 2.28. The molecule has 228 valence electrons. The summed E-state index contributed by atoms with van der Waals surface area (Å²) < 4.78 is 13.2. The molecule has 12 heteroatoms. The number of rotatable bonds is 7. The summed E-state index contributed by atoms with van der Waals surface area (Å²) in [6.45, 7) is 4.12. The van der Waals surface area contributed by atoms with Gasteiger partial charge in [0.2, 0.25) is 5.43 Å². The van der Waals surface area contributed by atoms with Crippen LogP contribution in [-0.4, -0.2) is 63.7 Å². The molecule has 10 nitrogen and oxygen atoms in total. The third-order valence-electron chi connectivity index (χ3n) is 8.14. The van der Waals surface area contributed by atoms with Crippen LogP contribution in [0.5, 0.6) is 0 Å². The van der Waals surface area contributed by atoms with Gasteiger partial charge in [0.25, 0.3) is 5.91 Å². The summed E-state index contributed by atoms with van der Waals surface area (Å²) in [7, 11) is 0. The summed E-state index contributed by atoms with van der Waals surface area (Å²) in [5, 5.41) is 3.30. The number of carbonyl (C=O) groups excluding carboxylic acids is 2. The Labute approximate surface area is 263 Å². The maximum absolute atomic E-state index is 13.3. The van der Waals surface area contributed by atoms with Gasteiger partial charge >= 0.3 is 5.97 Å². The molecule has 2 aliphatic rings. The molecule has 1 aliphatic heterocycles. The summed E-state index contributed by atoms with van der Waals surface area (Å²) in [5.41, 5.74) is 1.84. The molecule has 1 aromatic carbocycles. The van der Waals surface area contributed by atoms with E-state index >= 15 is 0 Å². The maximum Gasteiger partial charge on any atom is 0.338 e. The Morgan fingerprint density at radius 3 is 2.41 bits per heavy atom. The fourth-order valence-electron chi connectivity index (χ4n) is 5.76. The van der Waals surface area contributed by atoms with E-state index in [0.29, 0.717) is 42.3 Å². The van der Waals surface area contributed by atoms with Crippen LogP contribution >= 0.6 is 23.2 Å². The van der Waals surface area contributed by atoms with E-state index in [4.69, 9.17) is 32.7 Å². The van der Waals surface area contributed by atoms with Gasteiger partial charge in [-0.25, -0.2) is 9.78 Å². The van der Waals surface area contributed by atoms with Crippen molar-refractivity contribution in [3.8, 4) is 0 Å². The fraction of sp³-hybridized carbons (Fsp3) is 0.344. The van der Waals surface area contributed by atoms with Crippen molar-refractivity contribution in [2.75, 3.05) is 31.6 Å². The predicted molar refractivity (Wildman–Crippen MR) is 167 cm³/mol. The minimum atomic E-state index is -0.636.